The van der Waals surface area contributed by atoms with Crippen molar-refractivity contribution in [1.82, 2.24) is 4.72 Å². The molecular weight excluding hydrogens is 351 g/mol. The largest absolute Gasteiger partial charge is 0.377 e. The Labute approximate surface area is 139 Å². The van der Waals surface area contributed by atoms with Gasteiger partial charge >= 0.3 is 0 Å². The van der Waals surface area contributed by atoms with Crippen molar-refractivity contribution in [3.8, 4) is 0 Å². The smallest absolute Gasteiger partial charge is 0.242 e. The zero-order valence-corrected chi connectivity index (χ0v) is 14.0. The maximum absolute atomic E-state index is 12.3. The quantitative estimate of drug-likeness (QED) is 0.753. The molecule has 2 rings (SSSR count). The van der Waals surface area contributed by atoms with Gasteiger partial charge in [0.25, 0.3) is 0 Å². The van der Waals surface area contributed by atoms with Gasteiger partial charge in [0.2, 0.25) is 15.9 Å². The lowest BCUT2D eigenvalue weighted by atomic mass is 10.2. The highest BCUT2D eigenvalue weighted by Gasteiger charge is 2.22. The van der Waals surface area contributed by atoms with E-state index in [4.69, 9.17) is 27.9 Å². The highest BCUT2D eigenvalue weighted by Crippen LogP contribution is 2.25. The summed E-state index contributed by atoms with van der Waals surface area (Å²) in [5.74, 6) is -0.651. The zero-order valence-electron chi connectivity index (χ0n) is 11.6. The molecule has 0 radical (unpaired) electrons. The number of rotatable bonds is 6. The number of amides is 1. The summed E-state index contributed by atoms with van der Waals surface area (Å²) in [6, 6.07) is 4.21. The van der Waals surface area contributed by atoms with Crippen LogP contribution in [0.2, 0.25) is 5.02 Å². The van der Waals surface area contributed by atoms with E-state index in [0.29, 0.717) is 12.3 Å². The summed E-state index contributed by atoms with van der Waals surface area (Å²) in [5, 5.41) is 2.55. The molecule has 1 atom stereocenters. The Morgan fingerprint density at radius 1 is 1.41 bits per heavy atom. The molecule has 1 aromatic carbocycles. The van der Waals surface area contributed by atoms with Crippen LogP contribution in [-0.2, 0) is 19.6 Å². The molecule has 1 amide bonds. The van der Waals surface area contributed by atoms with E-state index >= 15 is 0 Å². The fourth-order valence-corrected chi connectivity index (χ4v) is 3.72. The second-order valence-electron chi connectivity index (χ2n) is 4.81. The number of carbonyl (C=O) groups excluding carboxylic acids is 1. The van der Waals surface area contributed by atoms with Crippen molar-refractivity contribution in [1.29, 1.82) is 0 Å². The minimum atomic E-state index is -3.79. The van der Waals surface area contributed by atoms with Crippen LogP contribution in [0.3, 0.4) is 0 Å². The molecule has 0 bridgehead atoms. The minimum Gasteiger partial charge on any atom is -0.377 e. The van der Waals surface area contributed by atoms with E-state index in [2.05, 4.69) is 10.0 Å². The topological polar surface area (TPSA) is 84.5 Å². The number of hydrogen-bond acceptors (Lipinski definition) is 4. The van der Waals surface area contributed by atoms with Crippen molar-refractivity contribution in [3.05, 3.63) is 23.2 Å². The molecular formula is C13H16Cl2N2O4S. The standard InChI is InChI=1S/C13H16Cl2N2O4S/c14-7-13(18)17-9-3-4-11(15)12(6-9)22(19,20)16-8-10-2-1-5-21-10/h3-4,6,10,16H,1-2,5,7-8H2,(H,17,18). The van der Waals surface area contributed by atoms with E-state index < -0.39 is 15.9 Å². The second kappa shape index (κ2) is 7.61. The van der Waals surface area contributed by atoms with Crippen LogP contribution in [0.4, 0.5) is 5.69 Å². The normalized spacial score (nSPS) is 18.4. The molecule has 1 heterocycles. The van der Waals surface area contributed by atoms with Crippen LogP contribution in [0.25, 0.3) is 0 Å². The monoisotopic (exact) mass is 366 g/mol. The van der Waals surface area contributed by atoms with Crippen molar-refractivity contribution >= 4 is 44.8 Å². The van der Waals surface area contributed by atoms with Gasteiger partial charge in [-0.25, -0.2) is 13.1 Å². The number of carbonyl (C=O) groups is 1. The third kappa shape index (κ3) is 4.57. The molecule has 6 nitrogen and oxygen atoms in total. The number of anilines is 1. The first kappa shape index (κ1) is 17.5. The van der Waals surface area contributed by atoms with E-state index in [1.807, 2.05) is 0 Å². The molecule has 1 aliphatic heterocycles. The lowest BCUT2D eigenvalue weighted by molar-refractivity contribution is -0.113. The van der Waals surface area contributed by atoms with Crippen LogP contribution >= 0.6 is 23.2 Å². The molecule has 1 unspecified atom stereocenters. The van der Waals surface area contributed by atoms with E-state index in [-0.39, 0.29) is 28.4 Å². The molecule has 0 aromatic heterocycles. The third-order valence-corrected chi connectivity index (χ3v) is 5.30. The van der Waals surface area contributed by atoms with Crippen LogP contribution in [0, 0.1) is 0 Å². The molecule has 1 aliphatic rings. The molecule has 122 valence electrons. The molecule has 0 spiro atoms. The zero-order chi connectivity index (χ0) is 16.2. The predicted octanol–water partition coefficient (Wildman–Crippen LogP) is 1.97. The first-order chi connectivity index (χ1) is 10.4. The minimum absolute atomic E-state index is 0.0729. The maximum atomic E-state index is 12.3. The van der Waals surface area contributed by atoms with Crippen molar-refractivity contribution in [2.75, 3.05) is 24.3 Å². The van der Waals surface area contributed by atoms with Gasteiger partial charge in [-0.05, 0) is 31.0 Å². The van der Waals surface area contributed by atoms with Gasteiger partial charge in [0, 0.05) is 18.8 Å². The molecule has 0 aliphatic carbocycles. The Hall–Kier alpha value is -0.860. The first-order valence-electron chi connectivity index (χ1n) is 6.69. The lowest BCUT2D eigenvalue weighted by Gasteiger charge is -2.13. The van der Waals surface area contributed by atoms with Gasteiger partial charge in [0.05, 0.1) is 11.1 Å². The van der Waals surface area contributed by atoms with Gasteiger partial charge < -0.3 is 10.1 Å². The highest BCUT2D eigenvalue weighted by molar-refractivity contribution is 7.89. The average Bonchev–Trinajstić information content (AvgIpc) is 3.00. The number of alkyl halides is 1. The van der Waals surface area contributed by atoms with Gasteiger partial charge in [0.15, 0.2) is 0 Å². The summed E-state index contributed by atoms with van der Waals surface area (Å²) in [6.07, 6.45) is 1.63. The Morgan fingerprint density at radius 2 is 2.18 bits per heavy atom. The summed E-state index contributed by atoms with van der Waals surface area (Å²) in [4.78, 5) is 11.2. The molecule has 1 aromatic rings. The Kier molecular flexibility index (Phi) is 6.05. The average molecular weight is 367 g/mol. The van der Waals surface area contributed by atoms with Gasteiger partial charge in [-0.2, -0.15) is 0 Å². The van der Waals surface area contributed by atoms with Gasteiger partial charge in [-0.3, -0.25) is 4.79 Å². The first-order valence-corrected chi connectivity index (χ1v) is 9.08. The van der Waals surface area contributed by atoms with Crippen LogP contribution in [0.15, 0.2) is 23.1 Å². The number of ether oxygens (including phenoxy) is 1. The van der Waals surface area contributed by atoms with Crippen molar-refractivity contribution in [3.63, 3.8) is 0 Å². The van der Waals surface area contributed by atoms with Crippen LogP contribution in [0.5, 0.6) is 0 Å². The molecule has 0 saturated carbocycles. The third-order valence-electron chi connectivity index (χ3n) is 3.15. The molecule has 9 heteroatoms. The lowest BCUT2D eigenvalue weighted by Crippen LogP contribution is -2.32. The summed E-state index contributed by atoms with van der Waals surface area (Å²) in [7, 11) is -3.79. The van der Waals surface area contributed by atoms with Crippen molar-refractivity contribution in [2.45, 2.75) is 23.8 Å². The number of benzene rings is 1. The van der Waals surface area contributed by atoms with E-state index in [1.165, 1.54) is 18.2 Å². The summed E-state index contributed by atoms with van der Waals surface area (Å²) in [5.41, 5.74) is 0.313. The molecule has 22 heavy (non-hydrogen) atoms. The van der Waals surface area contributed by atoms with Gasteiger partial charge in [-0.1, -0.05) is 11.6 Å². The van der Waals surface area contributed by atoms with E-state index in [0.717, 1.165) is 12.8 Å². The van der Waals surface area contributed by atoms with Crippen LogP contribution < -0.4 is 10.0 Å². The molecule has 1 saturated heterocycles. The number of nitrogens with one attached hydrogen (secondary N) is 2. The molecule has 2 N–H and O–H groups in total. The van der Waals surface area contributed by atoms with Crippen LogP contribution in [-0.4, -0.2) is 39.5 Å². The second-order valence-corrected chi connectivity index (χ2v) is 7.22. The van der Waals surface area contributed by atoms with E-state index in [1.54, 1.807) is 0 Å². The van der Waals surface area contributed by atoms with Gasteiger partial charge in [-0.15, -0.1) is 11.6 Å². The fourth-order valence-electron chi connectivity index (χ4n) is 2.07. The molecule has 1 fully saturated rings. The summed E-state index contributed by atoms with van der Waals surface area (Å²) >= 11 is 11.4. The van der Waals surface area contributed by atoms with Crippen LogP contribution in [0.1, 0.15) is 12.8 Å². The predicted molar refractivity (Wildman–Crippen MR) is 85.0 cm³/mol. The maximum Gasteiger partial charge on any atom is 0.242 e. The van der Waals surface area contributed by atoms with Crippen molar-refractivity contribution in [2.24, 2.45) is 0 Å². The summed E-state index contributed by atoms with van der Waals surface area (Å²) in [6.45, 7) is 0.837. The number of halogens is 2. The Bertz CT molecular complexity index is 645. The highest BCUT2D eigenvalue weighted by atomic mass is 35.5. The number of sulfonamides is 1. The van der Waals surface area contributed by atoms with E-state index in [9.17, 15) is 13.2 Å². The SMILES string of the molecule is O=C(CCl)Nc1ccc(Cl)c(S(=O)(=O)NCC2CCCO2)c1. The van der Waals surface area contributed by atoms with Crippen molar-refractivity contribution < 1.29 is 17.9 Å². The number of hydrogen-bond donors (Lipinski definition) is 2. The Balaban J connectivity index is 2.14. The Morgan fingerprint density at radius 3 is 2.82 bits per heavy atom. The fraction of sp³-hybridized carbons (Fsp3) is 0.462. The summed E-state index contributed by atoms with van der Waals surface area (Å²) < 4.78 is 32.5. The van der Waals surface area contributed by atoms with Gasteiger partial charge in [0.1, 0.15) is 10.8 Å².